The van der Waals surface area contributed by atoms with Crippen molar-refractivity contribution >= 4 is 11.9 Å². The molecule has 0 radical (unpaired) electrons. The topological polar surface area (TPSA) is 108 Å². The molecular weight excluding hydrogens is 236 g/mol. The minimum atomic E-state index is -0.778. The summed E-state index contributed by atoms with van der Waals surface area (Å²) in [6.07, 6.45) is 3.86. The molecule has 0 saturated carbocycles. The minimum absolute atomic E-state index is 0.176. The van der Waals surface area contributed by atoms with E-state index in [1.807, 2.05) is 6.92 Å². The first kappa shape index (κ1) is 14.1. The Balaban J connectivity index is 2.22. The third kappa shape index (κ3) is 4.94. The van der Waals surface area contributed by atoms with Crippen LogP contribution in [0.1, 0.15) is 43.1 Å². The maximum atomic E-state index is 11.5. The zero-order valence-corrected chi connectivity index (χ0v) is 10.3. The molecule has 1 unspecified atom stereocenters. The van der Waals surface area contributed by atoms with Gasteiger partial charge in [-0.05, 0) is 18.8 Å². The lowest BCUT2D eigenvalue weighted by molar-refractivity contribution is -0.137. The van der Waals surface area contributed by atoms with Crippen molar-refractivity contribution in [2.24, 2.45) is 5.92 Å². The largest absolute Gasteiger partial charge is 0.481 e. The van der Waals surface area contributed by atoms with Crippen LogP contribution in [-0.4, -0.2) is 38.9 Å². The molecule has 1 rings (SSSR count). The summed E-state index contributed by atoms with van der Waals surface area (Å²) in [6.45, 7) is 2.54. The van der Waals surface area contributed by atoms with Gasteiger partial charge >= 0.3 is 5.97 Å². The van der Waals surface area contributed by atoms with Crippen LogP contribution in [0.15, 0.2) is 6.20 Å². The number of hydrogen-bond donors (Lipinski definition) is 3. The van der Waals surface area contributed by atoms with E-state index < -0.39 is 5.97 Å². The van der Waals surface area contributed by atoms with E-state index in [4.69, 9.17) is 5.11 Å². The molecular formula is C11H18N4O3. The first-order chi connectivity index (χ1) is 8.63. The normalized spacial score (nSPS) is 12.1. The van der Waals surface area contributed by atoms with E-state index in [0.29, 0.717) is 18.9 Å². The summed E-state index contributed by atoms with van der Waals surface area (Å²) in [7, 11) is 0. The second kappa shape index (κ2) is 7.41. The maximum absolute atomic E-state index is 11.5. The van der Waals surface area contributed by atoms with Crippen LogP contribution in [0.5, 0.6) is 0 Å². The van der Waals surface area contributed by atoms with Gasteiger partial charge in [-0.15, -0.1) is 0 Å². The van der Waals surface area contributed by atoms with Gasteiger partial charge in [-0.1, -0.05) is 13.3 Å². The van der Waals surface area contributed by atoms with Crippen molar-refractivity contribution < 1.29 is 14.7 Å². The van der Waals surface area contributed by atoms with Crippen LogP contribution in [-0.2, 0) is 4.79 Å². The number of aromatic nitrogens is 3. The number of aromatic amines is 1. The molecule has 1 aromatic rings. The molecule has 7 heteroatoms. The van der Waals surface area contributed by atoms with Crippen LogP contribution in [0.4, 0.5) is 0 Å². The van der Waals surface area contributed by atoms with Crippen LogP contribution in [0.3, 0.4) is 0 Å². The van der Waals surface area contributed by atoms with Crippen molar-refractivity contribution in [3.05, 3.63) is 11.9 Å². The van der Waals surface area contributed by atoms with Gasteiger partial charge in [0, 0.05) is 13.0 Å². The monoisotopic (exact) mass is 254 g/mol. The predicted octanol–water partition coefficient (Wildman–Crippen LogP) is 0.816. The number of carboxylic acid groups (broad SMARTS) is 1. The standard InChI is InChI=1S/C11H18N4O3/c1-2-8(3-4-10(16)17)5-6-12-11(18)9-7-13-15-14-9/h7-8H,2-6H2,1H3,(H,12,18)(H,16,17)(H,13,14,15). The number of nitrogens with one attached hydrogen (secondary N) is 2. The van der Waals surface area contributed by atoms with Gasteiger partial charge in [0.15, 0.2) is 5.69 Å². The summed E-state index contributed by atoms with van der Waals surface area (Å²) in [6, 6.07) is 0. The smallest absolute Gasteiger partial charge is 0.303 e. The van der Waals surface area contributed by atoms with E-state index >= 15 is 0 Å². The van der Waals surface area contributed by atoms with E-state index in [-0.39, 0.29) is 18.0 Å². The van der Waals surface area contributed by atoms with Gasteiger partial charge in [-0.25, -0.2) is 0 Å². The molecule has 0 aliphatic carbocycles. The minimum Gasteiger partial charge on any atom is -0.481 e. The Morgan fingerprint density at radius 1 is 1.50 bits per heavy atom. The van der Waals surface area contributed by atoms with Crippen LogP contribution in [0.25, 0.3) is 0 Å². The second-order valence-electron chi connectivity index (χ2n) is 4.11. The third-order valence-electron chi connectivity index (χ3n) is 2.83. The predicted molar refractivity (Wildman–Crippen MR) is 64.0 cm³/mol. The molecule has 1 aromatic heterocycles. The lowest BCUT2D eigenvalue weighted by Gasteiger charge is -2.13. The highest BCUT2D eigenvalue weighted by Gasteiger charge is 2.11. The summed E-state index contributed by atoms with van der Waals surface area (Å²) >= 11 is 0. The summed E-state index contributed by atoms with van der Waals surface area (Å²) < 4.78 is 0. The SMILES string of the molecule is CCC(CCNC(=O)c1cn[nH]n1)CCC(=O)O. The number of aliphatic carboxylic acids is 1. The average molecular weight is 254 g/mol. The number of carboxylic acids is 1. The Hall–Kier alpha value is -1.92. The molecule has 1 amide bonds. The van der Waals surface area contributed by atoms with E-state index in [9.17, 15) is 9.59 Å². The quantitative estimate of drug-likeness (QED) is 0.636. The molecule has 7 nitrogen and oxygen atoms in total. The molecule has 100 valence electrons. The Morgan fingerprint density at radius 3 is 2.83 bits per heavy atom. The molecule has 18 heavy (non-hydrogen) atoms. The van der Waals surface area contributed by atoms with Crippen LogP contribution in [0, 0.1) is 5.92 Å². The maximum Gasteiger partial charge on any atom is 0.303 e. The molecule has 0 aliphatic rings. The van der Waals surface area contributed by atoms with Gasteiger partial charge in [-0.2, -0.15) is 15.4 Å². The van der Waals surface area contributed by atoms with Crippen molar-refractivity contribution in [2.45, 2.75) is 32.6 Å². The molecule has 1 heterocycles. The molecule has 3 N–H and O–H groups in total. The zero-order valence-electron chi connectivity index (χ0n) is 10.3. The van der Waals surface area contributed by atoms with Crippen molar-refractivity contribution in [1.29, 1.82) is 0 Å². The van der Waals surface area contributed by atoms with Gasteiger partial charge in [0.2, 0.25) is 0 Å². The van der Waals surface area contributed by atoms with Gasteiger partial charge in [0.25, 0.3) is 5.91 Å². The van der Waals surface area contributed by atoms with Crippen LogP contribution < -0.4 is 5.32 Å². The first-order valence-electron chi connectivity index (χ1n) is 5.99. The molecule has 0 aliphatic heterocycles. The third-order valence-corrected chi connectivity index (χ3v) is 2.83. The summed E-state index contributed by atoms with van der Waals surface area (Å²) in [5, 5.41) is 20.9. The number of hydrogen-bond acceptors (Lipinski definition) is 4. The molecule has 0 saturated heterocycles. The highest BCUT2D eigenvalue weighted by Crippen LogP contribution is 2.14. The summed E-state index contributed by atoms with van der Waals surface area (Å²) in [4.78, 5) is 22.0. The lowest BCUT2D eigenvalue weighted by Crippen LogP contribution is -2.26. The van der Waals surface area contributed by atoms with E-state index in [1.165, 1.54) is 6.20 Å². The van der Waals surface area contributed by atoms with Crippen molar-refractivity contribution in [1.82, 2.24) is 20.7 Å². The highest BCUT2D eigenvalue weighted by molar-refractivity contribution is 5.91. The van der Waals surface area contributed by atoms with E-state index in [0.717, 1.165) is 12.8 Å². The number of amides is 1. The fraction of sp³-hybridized carbons (Fsp3) is 0.636. The number of nitrogens with zero attached hydrogens (tertiary/aromatic N) is 2. The fourth-order valence-corrected chi connectivity index (χ4v) is 1.67. The zero-order chi connectivity index (χ0) is 13.4. The Morgan fingerprint density at radius 2 is 2.28 bits per heavy atom. The highest BCUT2D eigenvalue weighted by atomic mass is 16.4. The fourth-order valence-electron chi connectivity index (χ4n) is 1.67. The number of carbonyl (C=O) groups excluding carboxylic acids is 1. The Bertz CT molecular complexity index is 378. The van der Waals surface area contributed by atoms with Gasteiger partial charge in [0.1, 0.15) is 0 Å². The molecule has 0 bridgehead atoms. The van der Waals surface area contributed by atoms with Gasteiger partial charge < -0.3 is 10.4 Å². The molecule has 1 atom stereocenters. The summed E-state index contributed by atoms with van der Waals surface area (Å²) in [5.74, 6) is -0.726. The number of rotatable bonds is 8. The second-order valence-corrected chi connectivity index (χ2v) is 4.11. The van der Waals surface area contributed by atoms with Gasteiger partial charge in [-0.3, -0.25) is 9.59 Å². The molecule has 0 fully saturated rings. The number of H-pyrrole nitrogens is 1. The molecule has 0 spiro atoms. The van der Waals surface area contributed by atoms with E-state index in [2.05, 4.69) is 20.7 Å². The Labute approximate surface area is 105 Å². The van der Waals surface area contributed by atoms with E-state index in [1.54, 1.807) is 0 Å². The van der Waals surface area contributed by atoms with Crippen LogP contribution in [0.2, 0.25) is 0 Å². The van der Waals surface area contributed by atoms with Crippen LogP contribution >= 0.6 is 0 Å². The van der Waals surface area contributed by atoms with Crippen molar-refractivity contribution in [3.8, 4) is 0 Å². The average Bonchev–Trinajstić information content (AvgIpc) is 2.86. The lowest BCUT2D eigenvalue weighted by atomic mass is 9.97. The van der Waals surface area contributed by atoms with Crippen molar-refractivity contribution in [3.63, 3.8) is 0 Å². The number of carbonyl (C=O) groups is 2. The summed E-state index contributed by atoms with van der Waals surface area (Å²) in [5.41, 5.74) is 0.258. The van der Waals surface area contributed by atoms with Gasteiger partial charge in [0.05, 0.1) is 6.20 Å². The Kier molecular flexibility index (Phi) is 5.83. The molecule has 0 aromatic carbocycles. The first-order valence-corrected chi connectivity index (χ1v) is 5.99. The van der Waals surface area contributed by atoms with Crippen molar-refractivity contribution in [2.75, 3.05) is 6.54 Å².